The van der Waals surface area contributed by atoms with Crippen LogP contribution < -0.4 is 10.2 Å². The van der Waals surface area contributed by atoms with Gasteiger partial charge < -0.3 is 15.0 Å². The quantitative estimate of drug-likeness (QED) is 0.904. The lowest BCUT2D eigenvalue weighted by Crippen LogP contribution is -2.25. The molecule has 0 unspecified atom stereocenters. The lowest BCUT2D eigenvalue weighted by atomic mass is 10.1. The molecule has 27 heavy (non-hydrogen) atoms. The largest absolute Gasteiger partial charge is 0.381 e. The van der Waals surface area contributed by atoms with Gasteiger partial charge >= 0.3 is 0 Å². The SMILES string of the molecule is CC(=O)N1CCc2cc(NC(=O)c3cnn(C4CCOCC4)c3C)ccc21. The van der Waals surface area contributed by atoms with Crippen LogP contribution in [0, 0.1) is 6.92 Å². The highest BCUT2D eigenvalue weighted by atomic mass is 16.5. The Morgan fingerprint density at radius 3 is 2.78 bits per heavy atom. The summed E-state index contributed by atoms with van der Waals surface area (Å²) >= 11 is 0. The van der Waals surface area contributed by atoms with Gasteiger partial charge in [-0.25, -0.2) is 0 Å². The molecular weight excluding hydrogens is 344 g/mol. The summed E-state index contributed by atoms with van der Waals surface area (Å²) in [4.78, 5) is 26.2. The van der Waals surface area contributed by atoms with Crippen molar-refractivity contribution < 1.29 is 14.3 Å². The highest BCUT2D eigenvalue weighted by Crippen LogP contribution is 2.31. The maximum atomic E-state index is 12.8. The summed E-state index contributed by atoms with van der Waals surface area (Å²) in [5.41, 5.74) is 4.22. The van der Waals surface area contributed by atoms with Crippen molar-refractivity contribution in [3.63, 3.8) is 0 Å². The molecule has 1 N–H and O–H groups in total. The first-order valence-electron chi connectivity index (χ1n) is 9.39. The van der Waals surface area contributed by atoms with E-state index in [0.29, 0.717) is 12.1 Å². The fraction of sp³-hybridized carbons (Fsp3) is 0.450. The maximum absolute atomic E-state index is 12.8. The standard InChI is InChI=1S/C20H24N4O3/c1-13-18(12-21-24(13)17-6-9-27-10-7-17)20(26)22-16-3-4-19-15(11-16)5-8-23(19)14(2)25/h3-4,11-12,17H,5-10H2,1-2H3,(H,22,26). The number of fused-ring (bicyclic) bond motifs is 1. The van der Waals surface area contributed by atoms with Crippen molar-refractivity contribution >= 4 is 23.2 Å². The Hall–Kier alpha value is -2.67. The number of anilines is 2. The molecule has 0 aliphatic carbocycles. The third kappa shape index (κ3) is 3.35. The van der Waals surface area contributed by atoms with Gasteiger partial charge in [-0.15, -0.1) is 0 Å². The molecule has 0 saturated carbocycles. The molecule has 2 aliphatic rings. The lowest BCUT2D eigenvalue weighted by Gasteiger charge is -2.23. The minimum atomic E-state index is -0.160. The lowest BCUT2D eigenvalue weighted by molar-refractivity contribution is -0.116. The molecule has 2 amide bonds. The topological polar surface area (TPSA) is 76.5 Å². The molecule has 1 saturated heterocycles. The predicted octanol–water partition coefficient (Wildman–Crippen LogP) is 2.70. The number of hydrogen-bond acceptors (Lipinski definition) is 4. The molecule has 7 heteroatoms. The van der Waals surface area contributed by atoms with Crippen molar-refractivity contribution in [2.75, 3.05) is 30.0 Å². The Bertz CT molecular complexity index is 883. The van der Waals surface area contributed by atoms with Crippen LogP contribution in [-0.4, -0.2) is 41.4 Å². The highest BCUT2D eigenvalue weighted by molar-refractivity contribution is 6.05. The van der Waals surface area contributed by atoms with E-state index >= 15 is 0 Å². The smallest absolute Gasteiger partial charge is 0.259 e. The molecule has 4 rings (SSSR count). The first-order valence-corrected chi connectivity index (χ1v) is 9.39. The van der Waals surface area contributed by atoms with Gasteiger partial charge in [-0.2, -0.15) is 5.10 Å². The van der Waals surface area contributed by atoms with Crippen LogP contribution in [0.2, 0.25) is 0 Å². The van der Waals surface area contributed by atoms with Crippen molar-refractivity contribution in [3.8, 4) is 0 Å². The van der Waals surface area contributed by atoms with Gasteiger partial charge in [-0.3, -0.25) is 14.3 Å². The second-order valence-corrected chi connectivity index (χ2v) is 7.15. The van der Waals surface area contributed by atoms with Gasteiger partial charge in [-0.1, -0.05) is 0 Å². The molecule has 1 aromatic heterocycles. The Morgan fingerprint density at radius 2 is 2.04 bits per heavy atom. The summed E-state index contributed by atoms with van der Waals surface area (Å²) in [7, 11) is 0. The molecule has 0 radical (unpaired) electrons. The van der Waals surface area contributed by atoms with Crippen molar-refractivity contribution in [1.82, 2.24) is 9.78 Å². The van der Waals surface area contributed by atoms with E-state index in [-0.39, 0.29) is 17.9 Å². The van der Waals surface area contributed by atoms with Crippen LogP contribution in [0.3, 0.4) is 0 Å². The number of ether oxygens (including phenoxy) is 1. The van der Waals surface area contributed by atoms with Crippen LogP contribution in [0.15, 0.2) is 24.4 Å². The summed E-state index contributed by atoms with van der Waals surface area (Å²) in [6.07, 6.45) is 4.28. The van der Waals surface area contributed by atoms with Gasteiger partial charge in [0.15, 0.2) is 0 Å². The van der Waals surface area contributed by atoms with Gasteiger partial charge in [0, 0.05) is 43.8 Å². The zero-order chi connectivity index (χ0) is 19.0. The average Bonchev–Trinajstić information content (AvgIpc) is 3.25. The monoisotopic (exact) mass is 368 g/mol. The van der Waals surface area contributed by atoms with Gasteiger partial charge in [0.25, 0.3) is 5.91 Å². The minimum absolute atomic E-state index is 0.0432. The Kier molecular flexibility index (Phi) is 4.70. The molecule has 1 aromatic carbocycles. The summed E-state index contributed by atoms with van der Waals surface area (Å²) in [6.45, 7) is 5.67. The minimum Gasteiger partial charge on any atom is -0.381 e. The van der Waals surface area contributed by atoms with Crippen LogP contribution in [0.5, 0.6) is 0 Å². The van der Waals surface area contributed by atoms with Crippen molar-refractivity contribution in [3.05, 3.63) is 41.2 Å². The highest BCUT2D eigenvalue weighted by Gasteiger charge is 2.24. The third-order valence-electron chi connectivity index (χ3n) is 5.44. The van der Waals surface area contributed by atoms with Gasteiger partial charge in [0.2, 0.25) is 5.91 Å². The molecule has 0 spiro atoms. The predicted molar refractivity (Wildman–Crippen MR) is 102 cm³/mol. The van der Waals surface area contributed by atoms with E-state index in [0.717, 1.165) is 55.1 Å². The van der Waals surface area contributed by atoms with Gasteiger partial charge in [0.05, 0.1) is 17.8 Å². The molecular formula is C20H24N4O3. The van der Waals surface area contributed by atoms with Crippen LogP contribution in [0.4, 0.5) is 11.4 Å². The zero-order valence-corrected chi connectivity index (χ0v) is 15.7. The van der Waals surface area contributed by atoms with Crippen LogP contribution in [-0.2, 0) is 16.0 Å². The summed E-state index contributed by atoms with van der Waals surface area (Å²) < 4.78 is 7.36. The van der Waals surface area contributed by atoms with Gasteiger partial charge in [-0.05, 0) is 49.9 Å². The maximum Gasteiger partial charge on any atom is 0.259 e. The zero-order valence-electron chi connectivity index (χ0n) is 15.7. The average molecular weight is 368 g/mol. The molecule has 2 aromatic rings. The number of aromatic nitrogens is 2. The van der Waals surface area contributed by atoms with Crippen molar-refractivity contribution in [1.29, 1.82) is 0 Å². The summed E-state index contributed by atoms with van der Waals surface area (Å²) in [5, 5.41) is 7.41. The summed E-state index contributed by atoms with van der Waals surface area (Å²) in [5.74, 6) is -0.117. The van der Waals surface area contributed by atoms with Crippen LogP contribution >= 0.6 is 0 Å². The number of nitrogens with one attached hydrogen (secondary N) is 1. The normalized spacial score (nSPS) is 17.0. The van der Waals surface area contributed by atoms with E-state index in [2.05, 4.69) is 10.4 Å². The van der Waals surface area contributed by atoms with Crippen molar-refractivity contribution in [2.24, 2.45) is 0 Å². The first kappa shape index (κ1) is 17.7. The molecule has 2 aliphatic heterocycles. The Balaban J connectivity index is 1.50. The molecule has 7 nitrogen and oxygen atoms in total. The number of rotatable bonds is 3. The second-order valence-electron chi connectivity index (χ2n) is 7.15. The van der Waals surface area contributed by atoms with Crippen molar-refractivity contribution in [2.45, 2.75) is 39.2 Å². The molecule has 1 fully saturated rings. The fourth-order valence-corrected chi connectivity index (χ4v) is 3.95. The number of nitrogens with zero attached hydrogens (tertiary/aromatic N) is 3. The van der Waals surface area contributed by atoms with E-state index in [4.69, 9.17) is 4.74 Å². The van der Waals surface area contributed by atoms with E-state index in [1.807, 2.05) is 29.8 Å². The Morgan fingerprint density at radius 1 is 1.26 bits per heavy atom. The third-order valence-corrected chi connectivity index (χ3v) is 5.44. The summed E-state index contributed by atoms with van der Waals surface area (Å²) in [6, 6.07) is 5.99. The first-order chi connectivity index (χ1) is 13.0. The van der Waals surface area contributed by atoms with Gasteiger partial charge in [0.1, 0.15) is 0 Å². The molecule has 0 bridgehead atoms. The number of benzene rings is 1. The number of carbonyl (C=O) groups is 2. The number of carbonyl (C=O) groups excluding carboxylic acids is 2. The second kappa shape index (κ2) is 7.15. The van der Waals surface area contributed by atoms with E-state index in [1.165, 1.54) is 0 Å². The fourth-order valence-electron chi connectivity index (χ4n) is 3.95. The van der Waals surface area contributed by atoms with E-state index in [9.17, 15) is 9.59 Å². The van der Waals surface area contributed by atoms with E-state index in [1.54, 1.807) is 18.0 Å². The number of amides is 2. The molecule has 142 valence electrons. The molecule has 0 atom stereocenters. The number of hydrogen-bond donors (Lipinski definition) is 1. The molecule has 3 heterocycles. The Labute approximate surface area is 158 Å². The van der Waals surface area contributed by atoms with Crippen LogP contribution in [0.1, 0.15) is 47.4 Å². The van der Waals surface area contributed by atoms with E-state index < -0.39 is 0 Å². The van der Waals surface area contributed by atoms with Crippen LogP contribution in [0.25, 0.3) is 0 Å².